The molecule has 0 aromatic rings. The Bertz CT molecular complexity index is 395. The van der Waals surface area contributed by atoms with Gasteiger partial charge in [-0.25, -0.2) is 9.59 Å². The van der Waals surface area contributed by atoms with E-state index >= 15 is 0 Å². The maximum Gasteiger partial charge on any atom is 0.408 e. The van der Waals surface area contributed by atoms with Gasteiger partial charge in [0.15, 0.2) is 0 Å². The minimum atomic E-state index is -1.24. The fourth-order valence-electron chi connectivity index (χ4n) is 3.64. The molecule has 0 aliphatic heterocycles. The molecular formula is C14H21NO4. The number of ether oxygens (including phenoxy) is 1. The number of carboxylic acids is 1. The molecule has 19 heavy (non-hydrogen) atoms. The molecule has 2 rings (SSSR count). The van der Waals surface area contributed by atoms with Gasteiger partial charge >= 0.3 is 12.1 Å². The highest BCUT2D eigenvalue weighted by atomic mass is 16.5. The summed E-state index contributed by atoms with van der Waals surface area (Å²) >= 11 is 0. The van der Waals surface area contributed by atoms with Gasteiger partial charge in [-0.15, -0.1) is 0 Å². The zero-order chi connectivity index (χ0) is 14.0. The minimum Gasteiger partial charge on any atom is -0.480 e. The summed E-state index contributed by atoms with van der Waals surface area (Å²) in [6, 6.07) is 0. The number of rotatable bonds is 5. The summed E-state index contributed by atoms with van der Waals surface area (Å²) in [5.41, 5.74) is -1.24. The number of carboxylic acid groups (broad SMARTS) is 1. The highest BCUT2D eigenvalue weighted by Gasteiger charge is 2.53. The van der Waals surface area contributed by atoms with Crippen LogP contribution in [0.25, 0.3) is 0 Å². The molecule has 0 spiro atoms. The van der Waals surface area contributed by atoms with Crippen molar-refractivity contribution < 1.29 is 19.4 Å². The summed E-state index contributed by atoms with van der Waals surface area (Å²) in [5, 5.41) is 12.1. The molecule has 0 aromatic carbocycles. The maximum atomic E-state index is 11.6. The van der Waals surface area contributed by atoms with Gasteiger partial charge in [0, 0.05) is 0 Å². The van der Waals surface area contributed by atoms with Gasteiger partial charge in [0.05, 0.1) is 0 Å². The molecule has 2 aliphatic carbocycles. The highest BCUT2D eigenvalue weighted by molar-refractivity contribution is 5.84. The number of amides is 1. The average Bonchev–Trinajstić information content (AvgIpc) is 2.98. The monoisotopic (exact) mass is 267 g/mol. The molecule has 2 aliphatic rings. The summed E-state index contributed by atoms with van der Waals surface area (Å²) in [4.78, 5) is 23.2. The predicted octanol–water partition coefficient (Wildman–Crippen LogP) is 2.18. The lowest BCUT2D eigenvalue weighted by Gasteiger charge is -2.36. The van der Waals surface area contributed by atoms with Gasteiger partial charge in [0.1, 0.15) is 12.1 Å². The quantitative estimate of drug-likeness (QED) is 0.749. The van der Waals surface area contributed by atoms with Crippen molar-refractivity contribution in [2.45, 2.75) is 38.1 Å². The first-order valence-corrected chi connectivity index (χ1v) is 6.76. The lowest BCUT2D eigenvalue weighted by Crippen LogP contribution is -2.58. The van der Waals surface area contributed by atoms with Crippen molar-refractivity contribution >= 4 is 12.1 Å². The van der Waals surface area contributed by atoms with Crippen molar-refractivity contribution in [3.63, 3.8) is 0 Å². The normalized spacial score (nSPS) is 31.5. The Balaban J connectivity index is 2.07. The van der Waals surface area contributed by atoms with Crippen LogP contribution in [-0.4, -0.2) is 29.3 Å². The van der Waals surface area contributed by atoms with E-state index in [0.29, 0.717) is 11.8 Å². The van der Waals surface area contributed by atoms with E-state index < -0.39 is 17.6 Å². The van der Waals surface area contributed by atoms with Gasteiger partial charge in [-0.05, 0) is 43.9 Å². The van der Waals surface area contributed by atoms with Crippen LogP contribution >= 0.6 is 0 Å². The Morgan fingerprint density at radius 2 is 2.21 bits per heavy atom. The Morgan fingerprint density at radius 1 is 1.47 bits per heavy atom. The van der Waals surface area contributed by atoms with Crippen molar-refractivity contribution in [3.05, 3.63) is 12.7 Å². The molecule has 4 atom stereocenters. The van der Waals surface area contributed by atoms with E-state index in [1.807, 2.05) is 0 Å². The van der Waals surface area contributed by atoms with Gasteiger partial charge in [-0.3, -0.25) is 0 Å². The van der Waals surface area contributed by atoms with Crippen LogP contribution < -0.4 is 5.32 Å². The molecule has 2 N–H and O–H groups in total. The Labute approximate surface area is 113 Å². The first-order valence-electron chi connectivity index (χ1n) is 6.76. The number of carbonyl (C=O) groups excluding carboxylic acids is 1. The lowest BCUT2D eigenvalue weighted by atomic mass is 9.75. The van der Waals surface area contributed by atoms with Crippen molar-refractivity contribution in [2.75, 3.05) is 6.61 Å². The molecule has 0 saturated heterocycles. The SMILES string of the molecule is C=CCOC(=O)NC(C)(C(=O)O)C1CC2CCC1C2. The molecule has 1 amide bonds. The molecule has 2 saturated carbocycles. The van der Waals surface area contributed by atoms with E-state index in [4.69, 9.17) is 4.74 Å². The Hall–Kier alpha value is -1.52. The molecule has 2 fully saturated rings. The summed E-state index contributed by atoms with van der Waals surface area (Å²) in [7, 11) is 0. The highest BCUT2D eigenvalue weighted by Crippen LogP contribution is 2.52. The van der Waals surface area contributed by atoms with E-state index in [2.05, 4.69) is 11.9 Å². The third-order valence-corrected chi connectivity index (χ3v) is 4.62. The van der Waals surface area contributed by atoms with Crippen molar-refractivity contribution in [3.8, 4) is 0 Å². The zero-order valence-corrected chi connectivity index (χ0v) is 11.2. The smallest absolute Gasteiger partial charge is 0.408 e. The summed E-state index contributed by atoms with van der Waals surface area (Å²) in [6.07, 6.45) is 5.01. The van der Waals surface area contributed by atoms with E-state index in [1.54, 1.807) is 6.92 Å². The van der Waals surface area contributed by atoms with Gasteiger partial charge in [-0.1, -0.05) is 19.1 Å². The van der Waals surface area contributed by atoms with Crippen LogP contribution in [0.5, 0.6) is 0 Å². The van der Waals surface area contributed by atoms with E-state index in [-0.39, 0.29) is 12.5 Å². The number of aliphatic carboxylic acids is 1. The molecule has 0 radical (unpaired) electrons. The van der Waals surface area contributed by atoms with Crippen LogP contribution in [-0.2, 0) is 9.53 Å². The summed E-state index contributed by atoms with van der Waals surface area (Å²) in [5.74, 6) is 0.0473. The molecule has 5 nitrogen and oxygen atoms in total. The van der Waals surface area contributed by atoms with Crippen molar-refractivity contribution in [1.29, 1.82) is 0 Å². The lowest BCUT2D eigenvalue weighted by molar-refractivity contribution is -0.147. The maximum absolute atomic E-state index is 11.6. The number of nitrogens with one attached hydrogen (secondary N) is 1. The molecule has 2 bridgehead atoms. The molecule has 0 heterocycles. The summed E-state index contributed by atoms with van der Waals surface area (Å²) in [6.45, 7) is 5.13. The van der Waals surface area contributed by atoms with Gasteiger partial charge in [0.25, 0.3) is 0 Å². The van der Waals surface area contributed by atoms with Crippen molar-refractivity contribution in [2.24, 2.45) is 17.8 Å². The van der Waals surface area contributed by atoms with E-state index in [0.717, 1.165) is 19.3 Å². The second-order valence-corrected chi connectivity index (χ2v) is 5.80. The van der Waals surface area contributed by atoms with Crippen molar-refractivity contribution in [1.82, 2.24) is 5.32 Å². The first kappa shape index (κ1) is 13.9. The van der Waals surface area contributed by atoms with Crippen LogP contribution in [0.1, 0.15) is 32.6 Å². The third-order valence-electron chi connectivity index (χ3n) is 4.62. The van der Waals surface area contributed by atoms with Crippen LogP contribution in [0.3, 0.4) is 0 Å². The zero-order valence-electron chi connectivity index (χ0n) is 11.2. The number of fused-ring (bicyclic) bond motifs is 2. The molecule has 5 heteroatoms. The topological polar surface area (TPSA) is 75.6 Å². The van der Waals surface area contributed by atoms with Gasteiger partial charge in [0.2, 0.25) is 0 Å². The average molecular weight is 267 g/mol. The number of carbonyl (C=O) groups is 2. The fraction of sp³-hybridized carbons (Fsp3) is 0.714. The first-order chi connectivity index (χ1) is 8.97. The van der Waals surface area contributed by atoms with Gasteiger partial charge in [-0.2, -0.15) is 0 Å². The molecule has 0 aromatic heterocycles. The van der Waals surface area contributed by atoms with Crippen LogP contribution in [0.2, 0.25) is 0 Å². The Kier molecular flexibility index (Phi) is 3.83. The standard InChI is InChI=1S/C14H21NO4/c1-3-6-19-13(18)15-14(2,12(16)17)11-8-9-4-5-10(11)7-9/h3,9-11H,1,4-8H2,2H3,(H,15,18)(H,16,17). The largest absolute Gasteiger partial charge is 0.480 e. The van der Waals surface area contributed by atoms with E-state index in [9.17, 15) is 14.7 Å². The molecule has 4 unspecified atom stereocenters. The van der Waals surface area contributed by atoms with E-state index in [1.165, 1.54) is 12.5 Å². The van der Waals surface area contributed by atoms with Gasteiger partial charge < -0.3 is 15.2 Å². The van der Waals surface area contributed by atoms with Crippen LogP contribution in [0.4, 0.5) is 4.79 Å². The minimum absolute atomic E-state index is 0.0000288. The number of hydrogen-bond donors (Lipinski definition) is 2. The number of alkyl carbamates (subject to hydrolysis) is 1. The van der Waals surface area contributed by atoms with Crippen LogP contribution in [0, 0.1) is 17.8 Å². The third kappa shape index (κ3) is 2.60. The molecule has 106 valence electrons. The fourth-order valence-corrected chi connectivity index (χ4v) is 3.64. The predicted molar refractivity (Wildman–Crippen MR) is 69.7 cm³/mol. The number of hydrogen-bond acceptors (Lipinski definition) is 3. The second kappa shape index (κ2) is 5.23. The van der Waals surface area contributed by atoms with Crippen LogP contribution in [0.15, 0.2) is 12.7 Å². The Morgan fingerprint density at radius 3 is 2.68 bits per heavy atom. The molecular weight excluding hydrogens is 246 g/mol. The summed E-state index contributed by atoms with van der Waals surface area (Å²) < 4.78 is 4.85. The second-order valence-electron chi connectivity index (χ2n) is 5.80.